The van der Waals surface area contributed by atoms with E-state index in [9.17, 15) is 9.59 Å². The quantitative estimate of drug-likeness (QED) is 0.684. The van der Waals surface area contributed by atoms with Crippen LogP contribution < -0.4 is 0 Å². The lowest BCUT2D eigenvalue weighted by molar-refractivity contribution is -0.141. The van der Waals surface area contributed by atoms with Crippen molar-refractivity contribution in [3.05, 3.63) is 11.1 Å². The van der Waals surface area contributed by atoms with Crippen LogP contribution in [0.4, 0.5) is 0 Å². The number of carbonyl (C=O) groups excluding carboxylic acids is 1. The van der Waals surface area contributed by atoms with E-state index in [1.807, 2.05) is 6.92 Å². The zero-order valence-corrected chi connectivity index (χ0v) is 7.43. The summed E-state index contributed by atoms with van der Waals surface area (Å²) < 4.78 is 0. The molecule has 66 valence electrons. The summed E-state index contributed by atoms with van der Waals surface area (Å²) in [6, 6.07) is 0. The van der Waals surface area contributed by atoms with E-state index < -0.39 is 5.97 Å². The molecular weight excluding hydrogens is 178 g/mol. The molecule has 0 aromatic heterocycles. The highest BCUT2D eigenvalue weighted by atomic mass is 32.2. The van der Waals surface area contributed by atoms with Crippen molar-refractivity contribution >= 4 is 23.6 Å². The molecule has 0 bridgehead atoms. The van der Waals surface area contributed by atoms with Gasteiger partial charge in [-0.15, -0.1) is 11.8 Å². The molecular formula is C7H9NO3S. The summed E-state index contributed by atoms with van der Waals surface area (Å²) in [5.74, 6) is -0.789. The van der Waals surface area contributed by atoms with Crippen LogP contribution in [0.1, 0.15) is 6.92 Å². The van der Waals surface area contributed by atoms with Gasteiger partial charge in [0.15, 0.2) is 0 Å². The standard InChI is InChI=1S/C7H9NO3S/c1-5-2-8(3-7(10)11)6(9)4-12-5/h2H,3-4H2,1H3,(H,10,11). The molecule has 0 unspecified atom stereocenters. The Morgan fingerprint density at radius 3 is 3.08 bits per heavy atom. The second-order valence-electron chi connectivity index (χ2n) is 2.44. The van der Waals surface area contributed by atoms with Crippen LogP contribution in [0, 0.1) is 0 Å². The van der Waals surface area contributed by atoms with Gasteiger partial charge in [-0.25, -0.2) is 0 Å². The van der Waals surface area contributed by atoms with Crippen molar-refractivity contribution in [1.82, 2.24) is 4.90 Å². The van der Waals surface area contributed by atoms with Crippen molar-refractivity contribution in [3.63, 3.8) is 0 Å². The average Bonchev–Trinajstić information content (AvgIpc) is 1.96. The molecule has 1 heterocycles. The molecule has 1 aliphatic heterocycles. The van der Waals surface area contributed by atoms with Crippen molar-refractivity contribution in [2.45, 2.75) is 6.92 Å². The topological polar surface area (TPSA) is 57.6 Å². The molecule has 4 nitrogen and oxygen atoms in total. The molecule has 1 aliphatic rings. The number of carboxylic acids is 1. The molecule has 0 saturated carbocycles. The lowest BCUT2D eigenvalue weighted by Crippen LogP contribution is -2.34. The largest absolute Gasteiger partial charge is 0.480 e. The average molecular weight is 187 g/mol. The highest BCUT2D eigenvalue weighted by Gasteiger charge is 2.18. The number of rotatable bonds is 2. The third kappa shape index (κ3) is 2.27. The zero-order chi connectivity index (χ0) is 9.14. The molecule has 0 fully saturated rings. The van der Waals surface area contributed by atoms with Gasteiger partial charge < -0.3 is 10.0 Å². The molecule has 1 rings (SSSR count). The van der Waals surface area contributed by atoms with Crippen LogP contribution >= 0.6 is 11.8 Å². The molecule has 0 aromatic rings. The van der Waals surface area contributed by atoms with Crippen LogP contribution in [0.15, 0.2) is 11.1 Å². The molecule has 12 heavy (non-hydrogen) atoms. The van der Waals surface area contributed by atoms with Crippen molar-refractivity contribution in [3.8, 4) is 0 Å². The minimum atomic E-state index is -0.987. The first-order chi connectivity index (χ1) is 5.59. The van der Waals surface area contributed by atoms with Crippen LogP contribution in [0.5, 0.6) is 0 Å². The Balaban J connectivity index is 2.66. The van der Waals surface area contributed by atoms with Gasteiger partial charge in [0.25, 0.3) is 0 Å². The third-order valence-electron chi connectivity index (χ3n) is 1.39. The van der Waals surface area contributed by atoms with E-state index in [4.69, 9.17) is 5.11 Å². The van der Waals surface area contributed by atoms with E-state index in [2.05, 4.69) is 0 Å². The third-order valence-corrected chi connectivity index (χ3v) is 2.34. The minimum Gasteiger partial charge on any atom is -0.480 e. The Morgan fingerprint density at radius 2 is 2.50 bits per heavy atom. The Hall–Kier alpha value is -0.970. The van der Waals surface area contributed by atoms with Crippen LogP contribution in [-0.2, 0) is 9.59 Å². The maximum atomic E-state index is 11.1. The van der Waals surface area contributed by atoms with E-state index in [-0.39, 0.29) is 12.5 Å². The number of carboxylic acid groups (broad SMARTS) is 1. The number of hydrogen-bond donors (Lipinski definition) is 1. The predicted octanol–water partition coefficient (Wildman–Crippen LogP) is 0.508. The van der Waals surface area contributed by atoms with Gasteiger partial charge in [-0.3, -0.25) is 9.59 Å². The second kappa shape index (κ2) is 3.62. The van der Waals surface area contributed by atoms with Gasteiger partial charge in [-0.1, -0.05) is 0 Å². The van der Waals surface area contributed by atoms with Crippen molar-refractivity contribution in [1.29, 1.82) is 0 Å². The van der Waals surface area contributed by atoms with Crippen molar-refractivity contribution in [2.24, 2.45) is 0 Å². The lowest BCUT2D eigenvalue weighted by Gasteiger charge is -2.21. The van der Waals surface area contributed by atoms with Gasteiger partial charge in [0.05, 0.1) is 5.75 Å². The number of nitrogens with zero attached hydrogens (tertiary/aromatic N) is 1. The fourth-order valence-corrected chi connectivity index (χ4v) is 1.59. The summed E-state index contributed by atoms with van der Waals surface area (Å²) in [4.78, 5) is 23.6. The van der Waals surface area contributed by atoms with Gasteiger partial charge in [0, 0.05) is 6.20 Å². The molecule has 0 aliphatic carbocycles. The fraction of sp³-hybridized carbons (Fsp3) is 0.429. The molecule has 0 radical (unpaired) electrons. The zero-order valence-electron chi connectivity index (χ0n) is 6.61. The van der Waals surface area contributed by atoms with E-state index >= 15 is 0 Å². The monoisotopic (exact) mass is 187 g/mol. The molecule has 0 atom stereocenters. The van der Waals surface area contributed by atoms with Gasteiger partial charge >= 0.3 is 5.97 Å². The Labute approximate surface area is 74.2 Å². The summed E-state index contributed by atoms with van der Waals surface area (Å²) in [6.07, 6.45) is 1.57. The number of amides is 1. The van der Waals surface area contributed by atoms with E-state index in [1.165, 1.54) is 16.7 Å². The molecule has 1 amide bonds. The van der Waals surface area contributed by atoms with Gasteiger partial charge in [-0.05, 0) is 11.8 Å². The predicted molar refractivity (Wildman–Crippen MR) is 45.6 cm³/mol. The number of allylic oxidation sites excluding steroid dienone is 1. The molecule has 0 aromatic carbocycles. The maximum Gasteiger partial charge on any atom is 0.323 e. The van der Waals surface area contributed by atoms with Gasteiger partial charge in [-0.2, -0.15) is 0 Å². The van der Waals surface area contributed by atoms with Gasteiger partial charge in [0.2, 0.25) is 5.91 Å². The molecule has 0 spiro atoms. The molecule has 5 heteroatoms. The highest BCUT2D eigenvalue weighted by Crippen LogP contribution is 2.20. The normalized spacial score (nSPS) is 17.6. The first kappa shape index (κ1) is 9.12. The second-order valence-corrected chi connectivity index (χ2v) is 3.67. The number of aliphatic carboxylic acids is 1. The SMILES string of the molecule is CC1=CN(CC(=O)O)C(=O)CS1. The summed E-state index contributed by atoms with van der Waals surface area (Å²) in [5, 5.41) is 8.44. The highest BCUT2D eigenvalue weighted by molar-refractivity contribution is 8.03. The number of thioether (sulfide) groups is 1. The van der Waals surface area contributed by atoms with Crippen LogP contribution in [0.25, 0.3) is 0 Å². The molecule has 1 N–H and O–H groups in total. The summed E-state index contributed by atoms with van der Waals surface area (Å²) in [7, 11) is 0. The van der Waals surface area contributed by atoms with E-state index in [0.29, 0.717) is 5.75 Å². The van der Waals surface area contributed by atoms with Crippen molar-refractivity contribution < 1.29 is 14.7 Å². The Bertz CT molecular complexity index is 249. The van der Waals surface area contributed by atoms with Crippen LogP contribution in [0.2, 0.25) is 0 Å². The van der Waals surface area contributed by atoms with Crippen LogP contribution in [0.3, 0.4) is 0 Å². The summed E-state index contributed by atoms with van der Waals surface area (Å²) in [5.41, 5.74) is 0. The summed E-state index contributed by atoms with van der Waals surface area (Å²) in [6.45, 7) is 1.61. The van der Waals surface area contributed by atoms with E-state index in [0.717, 1.165) is 4.91 Å². The van der Waals surface area contributed by atoms with Gasteiger partial charge in [0.1, 0.15) is 6.54 Å². The minimum absolute atomic E-state index is 0.145. The number of carbonyl (C=O) groups is 2. The number of hydrogen-bond acceptors (Lipinski definition) is 3. The van der Waals surface area contributed by atoms with E-state index in [1.54, 1.807) is 6.20 Å². The fourth-order valence-electron chi connectivity index (χ4n) is 0.867. The van der Waals surface area contributed by atoms with Crippen molar-refractivity contribution in [2.75, 3.05) is 12.3 Å². The summed E-state index contributed by atoms with van der Waals surface area (Å²) >= 11 is 1.43. The Morgan fingerprint density at radius 1 is 1.83 bits per heavy atom. The first-order valence-corrected chi connectivity index (χ1v) is 4.40. The smallest absolute Gasteiger partial charge is 0.323 e. The van der Waals surface area contributed by atoms with Crippen LogP contribution in [-0.4, -0.2) is 34.2 Å². The Kier molecular flexibility index (Phi) is 2.75. The maximum absolute atomic E-state index is 11.1. The first-order valence-electron chi connectivity index (χ1n) is 3.42. The molecule has 0 saturated heterocycles. The lowest BCUT2D eigenvalue weighted by atomic mass is 10.4.